The quantitative estimate of drug-likeness (QED) is 0.470. The lowest BCUT2D eigenvalue weighted by Crippen LogP contribution is -2.36. The van der Waals surface area contributed by atoms with Crippen molar-refractivity contribution in [2.45, 2.75) is 19.4 Å². The summed E-state index contributed by atoms with van der Waals surface area (Å²) >= 11 is 0. The van der Waals surface area contributed by atoms with Gasteiger partial charge in [0, 0.05) is 12.2 Å². The number of esters is 1. The van der Waals surface area contributed by atoms with Gasteiger partial charge in [0.05, 0.1) is 0 Å². The molecule has 0 N–H and O–H groups in total. The van der Waals surface area contributed by atoms with E-state index in [0.717, 1.165) is 0 Å². The van der Waals surface area contributed by atoms with Crippen molar-refractivity contribution >= 4 is 11.8 Å². The Morgan fingerprint density at radius 2 is 1.79 bits per heavy atom. The summed E-state index contributed by atoms with van der Waals surface area (Å²) < 4.78 is 45.0. The summed E-state index contributed by atoms with van der Waals surface area (Å²) in [6.07, 6.45) is -7.08. The number of ketones is 1. The molecule has 0 aliphatic rings. The number of halogens is 3. The third-order valence-electron chi connectivity index (χ3n) is 2.04. The largest absolute Gasteiger partial charge is 0.491 e. The number of ether oxygens (including phenoxy) is 2. The van der Waals surface area contributed by atoms with E-state index in [1.54, 1.807) is 6.07 Å². The lowest BCUT2D eigenvalue weighted by Gasteiger charge is -2.17. The summed E-state index contributed by atoms with van der Waals surface area (Å²) in [4.78, 5) is 22.5. The first kappa shape index (κ1) is 15.2. The molecule has 1 aromatic carbocycles. The van der Waals surface area contributed by atoms with Gasteiger partial charge in [0.25, 0.3) is 6.29 Å². The highest BCUT2D eigenvalue weighted by atomic mass is 19.4. The summed E-state index contributed by atoms with van der Waals surface area (Å²) in [7, 11) is 0. The number of benzene rings is 1. The van der Waals surface area contributed by atoms with Gasteiger partial charge < -0.3 is 9.47 Å². The molecule has 0 saturated heterocycles. The van der Waals surface area contributed by atoms with Gasteiger partial charge in [-0.25, -0.2) is 4.79 Å². The standard InChI is InChI=1S/C12H11F3O4/c1-2-18-10(19-11(17)12(13,14)15)9(16)8-6-4-3-5-7-8/h3-7,10H,2H2,1H3. The minimum Gasteiger partial charge on any atom is -0.421 e. The minimum atomic E-state index is -5.17. The van der Waals surface area contributed by atoms with Gasteiger partial charge in [-0.3, -0.25) is 4.79 Å². The number of hydrogen-bond acceptors (Lipinski definition) is 4. The fourth-order valence-corrected chi connectivity index (χ4v) is 1.22. The molecule has 0 aromatic heterocycles. The molecule has 0 amide bonds. The van der Waals surface area contributed by atoms with Crippen LogP contribution < -0.4 is 0 Å². The van der Waals surface area contributed by atoms with Gasteiger partial charge in [0.1, 0.15) is 0 Å². The molecule has 1 rings (SSSR count). The van der Waals surface area contributed by atoms with Crippen molar-refractivity contribution in [1.82, 2.24) is 0 Å². The molecule has 0 aliphatic heterocycles. The molecule has 0 aliphatic carbocycles. The van der Waals surface area contributed by atoms with Gasteiger partial charge >= 0.3 is 12.1 Å². The summed E-state index contributed by atoms with van der Waals surface area (Å²) in [5.74, 6) is -3.31. The van der Waals surface area contributed by atoms with Crippen LogP contribution in [-0.4, -0.2) is 30.8 Å². The van der Waals surface area contributed by atoms with E-state index in [-0.39, 0.29) is 12.2 Å². The van der Waals surface area contributed by atoms with Crippen LogP contribution in [0.3, 0.4) is 0 Å². The van der Waals surface area contributed by atoms with E-state index in [2.05, 4.69) is 4.74 Å². The van der Waals surface area contributed by atoms with E-state index in [1.165, 1.54) is 31.2 Å². The average molecular weight is 276 g/mol. The van der Waals surface area contributed by atoms with Crippen molar-refractivity contribution in [3.8, 4) is 0 Å². The Morgan fingerprint density at radius 3 is 2.26 bits per heavy atom. The van der Waals surface area contributed by atoms with Crippen molar-refractivity contribution in [3.63, 3.8) is 0 Å². The maximum atomic E-state index is 12.1. The molecule has 104 valence electrons. The molecular formula is C12H11F3O4. The summed E-state index contributed by atoms with van der Waals surface area (Å²) in [5, 5.41) is 0. The van der Waals surface area contributed by atoms with Crippen molar-refractivity contribution in [1.29, 1.82) is 0 Å². The summed E-state index contributed by atoms with van der Waals surface area (Å²) in [6.45, 7) is 1.39. The van der Waals surface area contributed by atoms with Gasteiger partial charge in [0.2, 0.25) is 5.78 Å². The van der Waals surface area contributed by atoms with Gasteiger partial charge in [-0.15, -0.1) is 0 Å². The highest BCUT2D eigenvalue weighted by Crippen LogP contribution is 2.19. The number of Topliss-reactive ketones (excluding diaryl/α,β-unsaturated/α-hetero) is 1. The molecule has 0 heterocycles. The van der Waals surface area contributed by atoms with Crippen LogP contribution in [0, 0.1) is 0 Å². The van der Waals surface area contributed by atoms with Crippen LogP contribution >= 0.6 is 0 Å². The lowest BCUT2D eigenvalue weighted by molar-refractivity contribution is -0.218. The first-order valence-corrected chi connectivity index (χ1v) is 5.35. The maximum Gasteiger partial charge on any atom is 0.491 e. The molecule has 1 unspecified atom stereocenters. The smallest absolute Gasteiger partial charge is 0.421 e. The zero-order valence-corrected chi connectivity index (χ0v) is 9.94. The molecular weight excluding hydrogens is 265 g/mol. The molecule has 0 radical (unpaired) electrons. The van der Waals surface area contributed by atoms with E-state index in [1.807, 2.05) is 0 Å². The van der Waals surface area contributed by atoms with Crippen LogP contribution in [0.4, 0.5) is 13.2 Å². The molecule has 1 aromatic rings. The molecule has 0 saturated carbocycles. The van der Waals surface area contributed by atoms with Crippen LogP contribution in [0.2, 0.25) is 0 Å². The van der Waals surface area contributed by atoms with Crippen molar-refractivity contribution in [2.75, 3.05) is 6.61 Å². The number of hydrogen-bond donors (Lipinski definition) is 0. The minimum absolute atomic E-state index is 0.0750. The normalized spacial score (nSPS) is 12.8. The Bertz CT molecular complexity index is 442. The molecule has 7 heteroatoms. The van der Waals surface area contributed by atoms with Gasteiger partial charge in [-0.1, -0.05) is 30.3 Å². The van der Waals surface area contributed by atoms with Crippen LogP contribution in [0.15, 0.2) is 30.3 Å². The first-order valence-electron chi connectivity index (χ1n) is 5.35. The third kappa shape index (κ3) is 4.36. The Labute approximate surface area is 107 Å². The molecule has 1 atom stereocenters. The predicted molar refractivity (Wildman–Crippen MR) is 58.3 cm³/mol. The van der Waals surface area contributed by atoms with Gasteiger partial charge in [-0.05, 0) is 6.92 Å². The van der Waals surface area contributed by atoms with Crippen LogP contribution in [0.1, 0.15) is 17.3 Å². The first-order chi connectivity index (χ1) is 8.86. The molecule has 19 heavy (non-hydrogen) atoms. The van der Waals surface area contributed by atoms with Crippen molar-refractivity contribution in [2.24, 2.45) is 0 Å². The summed E-state index contributed by atoms with van der Waals surface area (Å²) in [5.41, 5.74) is 0.0934. The van der Waals surface area contributed by atoms with Crippen molar-refractivity contribution < 1.29 is 32.2 Å². The Morgan fingerprint density at radius 1 is 1.21 bits per heavy atom. The average Bonchev–Trinajstić information content (AvgIpc) is 2.37. The lowest BCUT2D eigenvalue weighted by atomic mass is 10.1. The van der Waals surface area contributed by atoms with Gasteiger partial charge in [0.15, 0.2) is 0 Å². The molecule has 4 nitrogen and oxygen atoms in total. The highest BCUT2D eigenvalue weighted by molar-refractivity contribution is 5.99. The number of alkyl halides is 3. The SMILES string of the molecule is CCOC(OC(=O)C(F)(F)F)C(=O)c1ccccc1. The maximum absolute atomic E-state index is 12.1. The van der Waals surface area contributed by atoms with E-state index < -0.39 is 24.2 Å². The van der Waals surface area contributed by atoms with Crippen LogP contribution in [0.5, 0.6) is 0 Å². The Kier molecular flexibility index (Phi) is 5.05. The summed E-state index contributed by atoms with van der Waals surface area (Å²) in [6, 6.07) is 7.46. The second-order valence-electron chi connectivity index (χ2n) is 3.42. The Balaban J connectivity index is 2.84. The van der Waals surface area contributed by atoms with E-state index >= 15 is 0 Å². The number of rotatable bonds is 5. The van der Waals surface area contributed by atoms with E-state index in [0.29, 0.717) is 0 Å². The Hall–Kier alpha value is -1.89. The van der Waals surface area contributed by atoms with Crippen LogP contribution in [0.25, 0.3) is 0 Å². The monoisotopic (exact) mass is 276 g/mol. The van der Waals surface area contributed by atoms with Crippen molar-refractivity contribution in [3.05, 3.63) is 35.9 Å². The topological polar surface area (TPSA) is 52.6 Å². The van der Waals surface area contributed by atoms with E-state index in [9.17, 15) is 22.8 Å². The molecule has 0 fully saturated rings. The fraction of sp³-hybridized carbons (Fsp3) is 0.333. The zero-order chi connectivity index (χ0) is 14.5. The van der Waals surface area contributed by atoms with Crippen LogP contribution in [-0.2, 0) is 14.3 Å². The second kappa shape index (κ2) is 6.33. The number of carbonyl (C=O) groups is 2. The predicted octanol–water partition coefficient (Wildman–Crippen LogP) is 2.34. The number of carbonyl (C=O) groups excluding carboxylic acids is 2. The highest BCUT2D eigenvalue weighted by Gasteiger charge is 2.43. The van der Waals surface area contributed by atoms with E-state index in [4.69, 9.17) is 4.74 Å². The zero-order valence-electron chi connectivity index (χ0n) is 9.94. The fourth-order valence-electron chi connectivity index (χ4n) is 1.22. The second-order valence-corrected chi connectivity index (χ2v) is 3.42. The van der Waals surface area contributed by atoms with Gasteiger partial charge in [-0.2, -0.15) is 13.2 Å². The third-order valence-corrected chi connectivity index (χ3v) is 2.04. The molecule has 0 spiro atoms. The molecule has 0 bridgehead atoms.